The molecule has 1 atom stereocenters. The van der Waals surface area contributed by atoms with Gasteiger partial charge in [-0.05, 0) is 18.1 Å². The molecule has 2 heterocycles. The van der Waals surface area contributed by atoms with Crippen LogP contribution >= 0.6 is 0 Å². The Hall–Kier alpha value is -1.75. The minimum absolute atomic E-state index is 0.0795. The van der Waals surface area contributed by atoms with Gasteiger partial charge in [-0.1, -0.05) is 11.3 Å². The molecule has 0 amide bonds. The Morgan fingerprint density at radius 3 is 2.88 bits per heavy atom. The third kappa shape index (κ3) is 2.43. The zero-order chi connectivity index (χ0) is 11.5. The molecule has 0 saturated heterocycles. The second-order valence-corrected chi connectivity index (χ2v) is 3.99. The van der Waals surface area contributed by atoms with Crippen LogP contribution in [0, 0.1) is 6.92 Å². The fourth-order valence-electron chi connectivity index (χ4n) is 1.61. The van der Waals surface area contributed by atoms with Gasteiger partial charge in [-0.25, -0.2) is 0 Å². The zero-order valence-corrected chi connectivity index (χ0v) is 9.46. The standard InChI is InChI=1S/C11H15N5/c1-8-3-9(6-13-5-8)11(12)4-10-7-16(2)15-14-10/h3,5-7,11H,4,12H2,1-2H3. The van der Waals surface area contributed by atoms with Crippen LogP contribution in [0.5, 0.6) is 0 Å². The predicted molar refractivity (Wildman–Crippen MR) is 60.6 cm³/mol. The molecule has 0 saturated carbocycles. The first-order chi connectivity index (χ1) is 7.65. The van der Waals surface area contributed by atoms with E-state index in [1.807, 2.05) is 32.4 Å². The number of aryl methyl sites for hydroxylation is 2. The van der Waals surface area contributed by atoms with Crippen LogP contribution < -0.4 is 5.73 Å². The van der Waals surface area contributed by atoms with Crippen molar-refractivity contribution in [2.24, 2.45) is 12.8 Å². The molecule has 16 heavy (non-hydrogen) atoms. The monoisotopic (exact) mass is 217 g/mol. The lowest BCUT2D eigenvalue weighted by molar-refractivity contribution is 0.691. The van der Waals surface area contributed by atoms with E-state index < -0.39 is 0 Å². The normalized spacial score (nSPS) is 12.7. The van der Waals surface area contributed by atoms with Gasteiger partial charge in [0.25, 0.3) is 0 Å². The molecule has 0 aliphatic carbocycles. The summed E-state index contributed by atoms with van der Waals surface area (Å²) >= 11 is 0. The van der Waals surface area contributed by atoms with Gasteiger partial charge in [0.2, 0.25) is 0 Å². The molecule has 0 bridgehead atoms. The minimum atomic E-state index is -0.0795. The van der Waals surface area contributed by atoms with Gasteiger partial charge in [0, 0.05) is 38.1 Å². The first kappa shape index (κ1) is 10.8. The summed E-state index contributed by atoms with van der Waals surface area (Å²) < 4.78 is 1.68. The SMILES string of the molecule is Cc1cncc(C(N)Cc2cn(C)nn2)c1. The van der Waals surface area contributed by atoms with Gasteiger partial charge >= 0.3 is 0 Å². The Morgan fingerprint density at radius 2 is 2.25 bits per heavy atom. The Balaban J connectivity index is 2.11. The zero-order valence-electron chi connectivity index (χ0n) is 9.46. The van der Waals surface area contributed by atoms with E-state index in [0.29, 0.717) is 6.42 Å². The van der Waals surface area contributed by atoms with E-state index in [0.717, 1.165) is 16.8 Å². The molecule has 2 aromatic rings. The topological polar surface area (TPSA) is 69.6 Å². The molecule has 0 aliphatic heterocycles. The van der Waals surface area contributed by atoms with E-state index in [-0.39, 0.29) is 6.04 Å². The quantitative estimate of drug-likeness (QED) is 0.824. The van der Waals surface area contributed by atoms with E-state index in [2.05, 4.69) is 15.3 Å². The van der Waals surface area contributed by atoms with Crippen LogP contribution in [0.25, 0.3) is 0 Å². The van der Waals surface area contributed by atoms with Gasteiger partial charge in [-0.2, -0.15) is 0 Å². The lowest BCUT2D eigenvalue weighted by Gasteiger charge is -2.09. The van der Waals surface area contributed by atoms with Crippen molar-refractivity contribution in [1.29, 1.82) is 0 Å². The number of aromatic nitrogens is 4. The molecule has 2 N–H and O–H groups in total. The highest BCUT2D eigenvalue weighted by Gasteiger charge is 2.09. The lowest BCUT2D eigenvalue weighted by Crippen LogP contribution is -2.14. The number of nitrogens with zero attached hydrogens (tertiary/aromatic N) is 4. The number of hydrogen-bond acceptors (Lipinski definition) is 4. The van der Waals surface area contributed by atoms with Crippen molar-refractivity contribution in [2.75, 3.05) is 0 Å². The van der Waals surface area contributed by atoms with Crippen molar-refractivity contribution in [1.82, 2.24) is 20.0 Å². The van der Waals surface area contributed by atoms with Crippen molar-refractivity contribution < 1.29 is 0 Å². The van der Waals surface area contributed by atoms with Crippen molar-refractivity contribution in [2.45, 2.75) is 19.4 Å². The molecule has 0 aromatic carbocycles. The van der Waals surface area contributed by atoms with Crippen molar-refractivity contribution in [3.05, 3.63) is 41.5 Å². The van der Waals surface area contributed by atoms with Crippen molar-refractivity contribution in [3.8, 4) is 0 Å². The third-order valence-corrected chi connectivity index (χ3v) is 2.40. The summed E-state index contributed by atoms with van der Waals surface area (Å²) in [7, 11) is 1.84. The van der Waals surface area contributed by atoms with E-state index >= 15 is 0 Å². The highest BCUT2D eigenvalue weighted by molar-refractivity contribution is 5.21. The van der Waals surface area contributed by atoms with Gasteiger partial charge in [0.15, 0.2) is 0 Å². The van der Waals surface area contributed by atoms with Crippen molar-refractivity contribution >= 4 is 0 Å². The van der Waals surface area contributed by atoms with Gasteiger partial charge in [0.05, 0.1) is 5.69 Å². The summed E-state index contributed by atoms with van der Waals surface area (Å²) in [4.78, 5) is 4.13. The molecular formula is C11H15N5. The third-order valence-electron chi connectivity index (χ3n) is 2.40. The number of nitrogens with two attached hydrogens (primary N) is 1. The molecule has 0 aliphatic rings. The van der Waals surface area contributed by atoms with Crippen LogP contribution in [0.4, 0.5) is 0 Å². The molecule has 0 spiro atoms. The van der Waals surface area contributed by atoms with Gasteiger partial charge in [-0.15, -0.1) is 5.10 Å². The molecule has 84 valence electrons. The maximum atomic E-state index is 6.09. The second kappa shape index (κ2) is 4.40. The van der Waals surface area contributed by atoms with Crippen LogP contribution in [0.2, 0.25) is 0 Å². The van der Waals surface area contributed by atoms with E-state index in [4.69, 9.17) is 5.73 Å². The summed E-state index contributed by atoms with van der Waals surface area (Å²) in [5, 5.41) is 7.89. The summed E-state index contributed by atoms with van der Waals surface area (Å²) in [6.07, 6.45) is 6.18. The van der Waals surface area contributed by atoms with E-state index in [1.165, 1.54) is 0 Å². The maximum absolute atomic E-state index is 6.09. The van der Waals surface area contributed by atoms with E-state index in [9.17, 15) is 0 Å². The largest absolute Gasteiger partial charge is 0.324 e. The molecule has 2 rings (SSSR count). The van der Waals surface area contributed by atoms with Crippen LogP contribution in [-0.4, -0.2) is 20.0 Å². The number of rotatable bonds is 3. The molecular weight excluding hydrogens is 202 g/mol. The molecule has 5 nitrogen and oxygen atoms in total. The van der Waals surface area contributed by atoms with Crippen LogP contribution in [0.15, 0.2) is 24.7 Å². The van der Waals surface area contributed by atoms with Crippen LogP contribution in [0.1, 0.15) is 22.9 Å². The molecule has 5 heteroatoms. The van der Waals surface area contributed by atoms with Gasteiger partial charge in [-0.3, -0.25) is 9.67 Å². The molecule has 1 unspecified atom stereocenters. The summed E-state index contributed by atoms with van der Waals surface area (Å²) in [5.74, 6) is 0. The van der Waals surface area contributed by atoms with Crippen LogP contribution in [-0.2, 0) is 13.5 Å². The summed E-state index contributed by atoms with van der Waals surface area (Å²) in [5.41, 5.74) is 9.14. The fourth-order valence-corrected chi connectivity index (χ4v) is 1.61. The lowest BCUT2D eigenvalue weighted by atomic mass is 10.0. The second-order valence-electron chi connectivity index (χ2n) is 3.99. The highest BCUT2D eigenvalue weighted by Crippen LogP contribution is 2.14. The number of hydrogen-bond donors (Lipinski definition) is 1. The first-order valence-corrected chi connectivity index (χ1v) is 5.17. The summed E-state index contributed by atoms with van der Waals surface area (Å²) in [6.45, 7) is 2.01. The van der Waals surface area contributed by atoms with E-state index in [1.54, 1.807) is 10.9 Å². The fraction of sp³-hybridized carbons (Fsp3) is 0.364. The Labute approximate surface area is 94.3 Å². The average Bonchev–Trinajstić information content (AvgIpc) is 2.64. The number of pyridine rings is 1. The Kier molecular flexibility index (Phi) is 2.96. The Bertz CT molecular complexity index is 477. The van der Waals surface area contributed by atoms with Gasteiger partial charge in [0.1, 0.15) is 0 Å². The van der Waals surface area contributed by atoms with Crippen molar-refractivity contribution in [3.63, 3.8) is 0 Å². The molecule has 0 radical (unpaired) electrons. The predicted octanol–water partition coefficient (Wildman–Crippen LogP) is 0.761. The first-order valence-electron chi connectivity index (χ1n) is 5.17. The van der Waals surface area contributed by atoms with Gasteiger partial charge < -0.3 is 5.73 Å². The minimum Gasteiger partial charge on any atom is -0.324 e. The molecule has 2 aromatic heterocycles. The smallest absolute Gasteiger partial charge is 0.0845 e. The molecule has 0 fully saturated rings. The summed E-state index contributed by atoms with van der Waals surface area (Å²) in [6, 6.07) is 1.97. The van der Waals surface area contributed by atoms with Crippen LogP contribution in [0.3, 0.4) is 0 Å². The maximum Gasteiger partial charge on any atom is 0.0845 e. The average molecular weight is 217 g/mol. The highest BCUT2D eigenvalue weighted by atomic mass is 15.4. The Morgan fingerprint density at radius 1 is 1.44 bits per heavy atom.